The largest absolute Gasteiger partial charge is 0.0950 e. The monoisotopic (exact) mass is 210 g/mol. The SMILES string of the molecule is CC[Si](C=C1CCCCC1)(CC)CC. The third-order valence-corrected chi connectivity index (χ3v) is 9.36. The molecule has 0 spiro atoms. The van der Waals surface area contributed by atoms with E-state index in [4.69, 9.17) is 0 Å². The zero-order valence-corrected chi connectivity index (χ0v) is 11.2. The first-order valence-corrected chi connectivity index (χ1v) is 9.17. The van der Waals surface area contributed by atoms with Gasteiger partial charge < -0.3 is 0 Å². The molecule has 1 rings (SSSR count). The molecule has 0 aromatic carbocycles. The van der Waals surface area contributed by atoms with Gasteiger partial charge in [-0.15, -0.1) is 0 Å². The van der Waals surface area contributed by atoms with E-state index in [-0.39, 0.29) is 0 Å². The highest BCUT2D eigenvalue weighted by molar-refractivity contribution is 6.84. The van der Waals surface area contributed by atoms with Gasteiger partial charge >= 0.3 is 0 Å². The summed E-state index contributed by atoms with van der Waals surface area (Å²) in [6, 6.07) is 4.34. The molecule has 0 aromatic heterocycles. The first-order chi connectivity index (χ1) is 6.76. The Kier molecular flexibility index (Phi) is 4.94. The normalized spacial score (nSPS) is 18.4. The molecular weight excluding hydrogens is 184 g/mol. The molecule has 0 aliphatic heterocycles. The molecule has 1 saturated carbocycles. The van der Waals surface area contributed by atoms with Crippen LogP contribution in [-0.2, 0) is 0 Å². The van der Waals surface area contributed by atoms with Crippen LogP contribution in [0.1, 0.15) is 52.9 Å². The van der Waals surface area contributed by atoms with Gasteiger partial charge in [0.05, 0.1) is 8.07 Å². The predicted octanol–water partition coefficient (Wildman–Crippen LogP) is 4.92. The van der Waals surface area contributed by atoms with Gasteiger partial charge in [0.2, 0.25) is 0 Å². The Morgan fingerprint density at radius 2 is 1.43 bits per heavy atom. The van der Waals surface area contributed by atoms with Crippen LogP contribution in [0.3, 0.4) is 0 Å². The van der Waals surface area contributed by atoms with Crippen LogP contribution in [0.5, 0.6) is 0 Å². The number of hydrogen-bond donors (Lipinski definition) is 0. The zero-order chi connectivity index (χ0) is 10.4. The molecule has 0 aromatic rings. The second-order valence-corrected chi connectivity index (χ2v) is 9.92. The van der Waals surface area contributed by atoms with Crippen molar-refractivity contribution in [1.82, 2.24) is 0 Å². The van der Waals surface area contributed by atoms with E-state index < -0.39 is 8.07 Å². The predicted molar refractivity (Wildman–Crippen MR) is 68.4 cm³/mol. The summed E-state index contributed by atoms with van der Waals surface area (Å²) in [5.41, 5.74) is 4.58. The highest BCUT2D eigenvalue weighted by atomic mass is 28.3. The lowest BCUT2D eigenvalue weighted by atomic mass is 9.96. The van der Waals surface area contributed by atoms with E-state index in [1.165, 1.54) is 50.2 Å². The molecule has 1 aliphatic rings. The maximum Gasteiger partial charge on any atom is 0.0769 e. The maximum absolute atomic E-state index is 2.77. The molecule has 0 nitrogen and oxygen atoms in total. The lowest BCUT2D eigenvalue weighted by Gasteiger charge is -2.27. The van der Waals surface area contributed by atoms with Crippen LogP contribution in [0, 0.1) is 0 Å². The summed E-state index contributed by atoms with van der Waals surface area (Å²) in [6.45, 7) is 7.21. The molecule has 0 radical (unpaired) electrons. The molecule has 0 N–H and O–H groups in total. The van der Waals surface area contributed by atoms with E-state index in [0.717, 1.165) is 0 Å². The van der Waals surface area contributed by atoms with E-state index in [0.29, 0.717) is 0 Å². The van der Waals surface area contributed by atoms with Crippen LogP contribution >= 0.6 is 0 Å². The second-order valence-electron chi connectivity index (χ2n) is 4.79. The van der Waals surface area contributed by atoms with Crippen molar-refractivity contribution >= 4 is 8.07 Å². The molecule has 0 bridgehead atoms. The summed E-state index contributed by atoms with van der Waals surface area (Å²) in [6.07, 6.45) is 7.20. The minimum absolute atomic E-state index is 0.967. The average Bonchev–Trinajstić information content (AvgIpc) is 2.28. The molecule has 0 saturated heterocycles. The molecular formula is C13H26Si. The van der Waals surface area contributed by atoms with Crippen molar-refractivity contribution in [3.8, 4) is 0 Å². The fourth-order valence-electron chi connectivity index (χ4n) is 2.64. The molecule has 82 valence electrons. The van der Waals surface area contributed by atoms with Crippen molar-refractivity contribution in [2.45, 2.75) is 71.0 Å². The standard InChI is InChI=1S/C13H26Si/c1-4-14(5-2,6-3)12-13-10-8-7-9-11-13/h12H,4-11H2,1-3H3. The first kappa shape index (κ1) is 12.0. The van der Waals surface area contributed by atoms with Crippen molar-refractivity contribution in [3.05, 3.63) is 11.3 Å². The van der Waals surface area contributed by atoms with Gasteiger partial charge in [-0.25, -0.2) is 0 Å². The Bertz CT molecular complexity index is 173. The van der Waals surface area contributed by atoms with Crippen LogP contribution < -0.4 is 0 Å². The van der Waals surface area contributed by atoms with Crippen molar-refractivity contribution in [3.63, 3.8) is 0 Å². The molecule has 14 heavy (non-hydrogen) atoms. The Morgan fingerprint density at radius 3 is 1.86 bits per heavy atom. The minimum Gasteiger partial charge on any atom is -0.0950 e. The smallest absolute Gasteiger partial charge is 0.0769 e. The number of hydrogen-bond acceptors (Lipinski definition) is 0. The van der Waals surface area contributed by atoms with Crippen LogP contribution in [0.25, 0.3) is 0 Å². The van der Waals surface area contributed by atoms with Crippen molar-refractivity contribution in [1.29, 1.82) is 0 Å². The number of rotatable bonds is 4. The molecule has 1 aliphatic carbocycles. The second kappa shape index (κ2) is 5.74. The zero-order valence-electron chi connectivity index (χ0n) is 10.2. The summed E-state index contributed by atoms with van der Waals surface area (Å²) in [5, 5.41) is 0. The molecule has 0 amide bonds. The highest BCUT2D eigenvalue weighted by Crippen LogP contribution is 2.29. The lowest BCUT2D eigenvalue weighted by molar-refractivity contribution is 0.599. The Hall–Kier alpha value is -0.0431. The lowest BCUT2D eigenvalue weighted by Crippen LogP contribution is -2.29. The molecule has 1 heteroatoms. The quantitative estimate of drug-likeness (QED) is 0.577. The van der Waals surface area contributed by atoms with Crippen LogP contribution in [0.2, 0.25) is 18.1 Å². The Morgan fingerprint density at radius 1 is 0.929 bits per heavy atom. The van der Waals surface area contributed by atoms with Gasteiger partial charge in [-0.3, -0.25) is 0 Å². The summed E-state index contributed by atoms with van der Waals surface area (Å²) in [7, 11) is -0.967. The third-order valence-electron chi connectivity index (χ3n) is 4.12. The van der Waals surface area contributed by atoms with Crippen LogP contribution in [0.15, 0.2) is 11.3 Å². The summed E-state index contributed by atoms with van der Waals surface area (Å²) in [5.74, 6) is 0. The van der Waals surface area contributed by atoms with Crippen LogP contribution in [0.4, 0.5) is 0 Å². The third kappa shape index (κ3) is 2.98. The van der Waals surface area contributed by atoms with E-state index >= 15 is 0 Å². The fourth-order valence-corrected chi connectivity index (χ4v) is 5.91. The Labute approximate surface area is 90.8 Å². The van der Waals surface area contributed by atoms with Gasteiger partial charge in [0.1, 0.15) is 0 Å². The van der Waals surface area contributed by atoms with Gasteiger partial charge in [0.15, 0.2) is 0 Å². The summed E-state index contributed by atoms with van der Waals surface area (Å²) >= 11 is 0. The first-order valence-electron chi connectivity index (χ1n) is 6.47. The highest BCUT2D eigenvalue weighted by Gasteiger charge is 2.24. The summed E-state index contributed by atoms with van der Waals surface area (Å²) < 4.78 is 0. The summed E-state index contributed by atoms with van der Waals surface area (Å²) in [4.78, 5) is 0. The minimum atomic E-state index is -0.967. The maximum atomic E-state index is 2.77. The number of allylic oxidation sites excluding steroid dienone is 1. The molecule has 0 atom stereocenters. The van der Waals surface area contributed by atoms with Gasteiger partial charge in [0, 0.05) is 0 Å². The van der Waals surface area contributed by atoms with E-state index in [1.54, 1.807) is 0 Å². The Balaban J connectivity index is 2.68. The fraction of sp³-hybridized carbons (Fsp3) is 0.846. The van der Waals surface area contributed by atoms with Crippen LogP contribution in [-0.4, -0.2) is 8.07 Å². The molecule has 0 heterocycles. The van der Waals surface area contributed by atoms with Gasteiger partial charge in [-0.05, 0) is 25.7 Å². The van der Waals surface area contributed by atoms with Gasteiger partial charge in [-0.2, -0.15) is 0 Å². The molecule has 1 fully saturated rings. The van der Waals surface area contributed by atoms with E-state index in [9.17, 15) is 0 Å². The van der Waals surface area contributed by atoms with Crippen molar-refractivity contribution in [2.75, 3.05) is 0 Å². The average molecular weight is 210 g/mol. The molecule has 0 unspecified atom stereocenters. The van der Waals surface area contributed by atoms with Gasteiger partial charge in [-0.1, -0.05) is 56.6 Å². The van der Waals surface area contributed by atoms with E-state index in [2.05, 4.69) is 26.5 Å². The van der Waals surface area contributed by atoms with E-state index in [1.807, 2.05) is 5.57 Å². The van der Waals surface area contributed by atoms with Gasteiger partial charge in [0.25, 0.3) is 0 Å². The topological polar surface area (TPSA) is 0 Å². The van der Waals surface area contributed by atoms with Crippen molar-refractivity contribution < 1.29 is 0 Å². The van der Waals surface area contributed by atoms with Crippen molar-refractivity contribution in [2.24, 2.45) is 0 Å².